The number of aromatic nitrogens is 3. The number of benzene rings is 6. The highest BCUT2D eigenvalue weighted by atomic mass is 16.3. The van der Waals surface area contributed by atoms with Gasteiger partial charge in [-0.25, -0.2) is 9.67 Å². The Kier molecular flexibility index (Phi) is 6.43. The lowest BCUT2D eigenvalue weighted by Crippen LogP contribution is -1.99. The molecule has 2 aromatic heterocycles. The molecule has 0 unspecified atom stereocenters. The van der Waals surface area contributed by atoms with E-state index in [1.807, 2.05) is 59.3 Å². The summed E-state index contributed by atoms with van der Waals surface area (Å²) < 4.78 is 8.21. The Morgan fingerprint density at radius 3 is 1.89 bits per heavy atom. The zero-order valence-electron chi connectivity index (χ0n) is 23.8. The van der Waals surface area contributed by atoms with Gasteiger partial charge in [0.1, 0.15) is 11.2 Å². The summed E-state index contributed by atoms with van der Waals surface area (Å²) in [7, 11) is 0. The van der Waals surface area contributed by atoms with E-state index >= 15 is 0 Å². The van der Waals surface area contributed by atoms with Crippen LogP contribution in [0, 0.1) is 0 Å². The van der Waals surface area contributed by atoms with Crippen molar-refractivity contribution in [1.82, 2.24) is 14.8 Å². The molecule has 8 aromatic rings. The molecule has 208 valence electrons. The molecule has 0 bridgehead atoms. The van der Waals surface area contributed by atoms with Crippen molar-refractivity contribution in [1.29, 1.82) is 0 Å². The highest BCUT2D eigenvalue weighted by Gasteiger charge is 2.16. The maximum Gasteiger partial charge on any atom is 0.182 e. The van der Waals surface area contributed by atoms with Crippen LogP contribution in [0.1, 0.15) is 11.1 Å². The molecule has 0 fully saturated rings. The predicted molar refractivity (Wildman–Crippen MR) is 180 cm³/mol. The summed E-state index contributed by atoms with van der Waals surface area (Å²) in [6.07, 6.45) is 4.25. The number of hydrogen-bond acceptors (Lipinski definition) is 3. The Labute approximate surface area is 255 Å². The van der Waals surface area contributed by atoms with Crippen molar-refractivity contribution in [2.45, 2.75) is 0 Å². The molecule has 0 saturated carbocycles. The van der Waals surface area contributed by atoms with E-state index < -0.39 is 0 Å². The number of para-hydroxylation sites is 3. The van der Waals surface area contributed by atoms with E-state index in [9.17, 15) is 0 Å². The minimum Gasteiger partial charge on any atom is -0.455 e. The first-order valence-electron chi connectivity index (χ1n) is 14.7. The summed E-state index contributed by atoms with van der Waals surface area (Å²) >= 11 is 0. The first-order chi connectivity index (χ1) is 21.8. The van der Waals surface area contributed by atoms with Gasteiger partial charge < -0.3 is 4.42 Å². The molecule has 0 spiro atoms. The molecule has 0 aliphatic rings. The van der Waals surface area contributed by atoms with Gasteiger partial charge in [-0.1, -0.05) is 146 Å². The van der Waals surface area contributed by atoms with Gasteiger partial charge in [0.2, 0.25) is 0 Å². The molecular weight excluding hydrogens is 538 g/mol. The van der Waals surface area contributed by atoms with E-state index in [1.54, 1.807) is 0 Å². The number of nitrogens with zero attached hydrogens (tertiary/aromatic N) is 3. The molecule has 0 aliphatic heterocycles. The first kappa shape index (κ1) is 25.7. The van der Waals surface area contributed by atoms with Crippen molar-refractivity contribution in [3.63, 3.8) is 0 Å². The molecular formula is C40H27N3O. The van der Waals surface area contributed by atoms with E-state index in [0.717, 1.165) is 61.3 Å². The normalized spacial score (nSPS) is 11.5. The fourth-order valence-corrected chi connectivity index (χ4v) is 5.64. The molecule has 0 atom stereocenters. The number of rotatable bonds is 6. The van der Waals surface area contributed by atoms with Crippen molar-refractivity contribution >= 4 is 34.1 Å². The van der Waals surface area contributed by atoms with E-state index in [2.05, 4.69) is 109 Å². The van der Waals surface area contributed by atoms with E-state index in [0.29, 0.717) is 5.82 Å². The van der Waals surface area contributed by atoms with Gasteiger partial charge in [0, 0.05) is 27.5 Å². The zero-order chi connectivity index (χ0) is 29.3. The highest BCUT2D eigenvalue weighted by Crippen LogP contribution is 2.36. The van der Waals surface area contributed by atoms with Gasteiger partial charge in [-0.3, -0.25) is 0 Å². The van der Waals surface area contributed by atoms with Gasteiger partial charge in [0.05, 0.1) is 5.69 Å². The molecule has 4 nitrogen and oxygen atoms in total. The smallest absolute Gasteiger partial charge is 0.182 e. The average molecular weight is 566 g/mol. The van der Waals surface area contributed by atoms with Crippen molar-refractivity contribution in [3.05, 3.63) is 163 Å². The van der Waals surface area contributed by atoms with Gasteiger partial charge in [0.25, 0.3) is 0 Å². The van der Waals surface area contributed by atoms with Crippen LogP contribution in [0.15, 0.2) is 156 Å². The summed E-state index contributed by atoms with van der Waals surface area (Å²) in [6.45, 7) is 0. The average Bonchev–Trinajstić information content (AvgIpc) is 3.71. The van der Waals surface area contributed by atoms with Gasteiger partial charge >= 0.3 is 0 Å². The molecule has 8 rings (SSSR count). The first-order valence-corrected chi connectivity index (χ1v) is 14.7. The van der Waals surface area contributed by atoms with Crippen LogP contribution in [-0.4, -0.2) is 14.8 Å². The van der Waals surface area contributed by atoms with Crippen LogP contribution < -0.4 is 0 Å². The van der Waals surface area contributed by atoms with E-state index in [1.165, 1.54) is 5.56 Å². The third-order valence-corrected chi connectivity index (χ3v) is 7.90. The summed E-state index contributed by atoms with van der Waals surface area (Å²) in [5.41, 5.74) is 9.15. The van der Waals surface area contributed by atoms with Gasteiger partial charge in [-0.2, -0.15) is 0 Å². The summed E-state index contributed by atoms with van der Waals surface area (Å²) in [4.78, 5) is 5.05. The molecule has 44 heavy (non-hydrogen) atoms. The lowest BCUT2D eigenvalue weighted by atomic mass is 10.0. The maximum absolute atomic E-state index is 6.28. The molecule has 6 aromatic carbocycles. The Bertz CT molecular complexity index is 2240. The second kappa shape index (κ2) is 11.0. The third-order valence-electron chi connectivity index (χ3n) is 7.90. The molecule has 0 saturated heterocycles. The lowest BCUT2D eigenvalue weighted by Gasteiger charge is -2.06. The maximum atomic E-state index is 6.28. The molecule has 0 amide bonds. The molecule has 4 heteroatoms. The second-order valence-corrected chi connectivity index (χ2v) is 10.7. The van der Waals surface area contributed by atoms with Crippen LogP contribution in [-0.2, 0) is 0 Å². The molecule has 0 radical (unpaired) electrons. The van der Waals surface area contributed by atoms with Crippen LogP contribution in [0.4, 0.5) is 0 Å². The highest BCUT2D eigenvalue weighted by molar-refractivity contribution is 6.09. The van der Waals surface area contributed by atoms with Crippen LogP contribution >= 0.6 is 0 Å². The number of fused-ring (bicyclic) bond motifs is 3. The Morgan fingerprint density at radius 1 is 0.500 bits per heavy atom. The fraction of sp³-hybridized carbons (Fsp3) is 0. The number of hydrogen-bond donors (Lipinski definition) is 0. The largest absolute Gasteiger partial charge is 0.455 e. The zero-order valence-corrected chi connectivity index (χ0v) is 23.8. The summed E-state index contributed by atoms with van der Waals surface area (Å²) in [6, 6.07) is 51.8. The topological polar surface area (TPSA) is 43.9 Å². The standard InChI is InChI=1S/C40H27N3O/c1-3-10-28(11-4-1)18-19-29-20-22-32(23-21-29)40-41-39(42-43(40)33-12-5-2-6-13-33)31-26-24-30(25-27-31)34-15-9-16-36-35-14-7-8-17-37(35)44-38(34)36/h1-27H. The monoisotopic (exact) mass is 565 g/mol. The van der Waals surface area contributed by atoms with E-state index in [4.69, 9.17) is 14.5 Å². The van der Waals surface area contributed by atoms with Crippen LogP contribution in [0.5, 0.6) is 0 Å². The Balaban J connectivity index is 1.14. The quantitative estimate of drug-likeness (QED) is 0.188. The molecule has 0 aliphatic carbocycles. The fourth-order valence-electron chi connectivity index (χ4n) is 5.64. The Hall–Kier alpha value is -6.00. The number of furan rings is 1. The van der Waals surface area contributed by atoms with Crippen LogP contribution in [0.3, 0.4) is 0 Å². The van der Waals surface area contributed by atoms with E-state index in [-0.39, 0.29) is 0 Å². The Morgan fingerprint density at radius 2 is 1.11 bits per heavy atom. The van der Waals surface area contributed by atoms with Gasteiger partial charge in [0.15, 0.2) is 11.6 Å². The molecule has 0 N–H and O–H groups in total. The van der Waals surface area contributed by atoms with Gasteiger partial charge in [-0.05, 0) is 34.9 Å². The minimum atomic E-state index is 0.672. The predicted octanol–water partition coefficient (Wildman–Crippen LogP) is 10.3. The van der Waals surface area contributed by atoms with Crippen molar-refractivity contribution in [3.8, 4) is 39.6 Å². The minimum absolute atomic E-state index is 0.672. The summed E-state index contributed by atoms with van der Waals surface area (Å²) in [5, 5.41) is 7.23. The third kappa shape index (κ3) is 4.79. The van der Waals surface area contributed by atoms with Crippen molar-refractivity contribution in [2.75, 3.05) is 0 Å². The SMILES string of the molecule is C(=Cc1ccc(-c2nc(-c3ccc(-c4cccc5c4oc4ccccc45)cc3)nn2-c2ccccc2)cc1)c1ccccc1. The van der Waals surface area contributed by atoms with Crippen molar-refractivity contribution in [2.24, 2.45) is 0 Å². The van der Waals surface area contributed by atoms with Crippen LogP contribution in [0.25, 0.3) is 73.7 Å². The summed E-state index contributed by atoms with van der Waals surface area (Å²) in [5.74, 6) is 1.46. The van der Waals surface area contributed by atoms with Gasteiger partial charge in [-0.15, -0.1) is 5.10 Å². The second-order valence-electron chi connectivity index (χ2n) is 10.7. The van der Waals surface area contributed by atoms with Crippen molar-refractivity contribution < 1.29 is 4.42 Å². The lowest BCUT2D eigenvalue weighted by molar-refractivity contribution is 0.670. The molecule has 2 heterocycles. The van der Waals surface area contributed by atoms with Crippen LogP contribution in [0.2, 0.25) is 0 Å².